The molecule has 28 heavy (non-hydrogen) atoms. The summed E-state index contributed by atoms with van der Waals surface area (Å²) in [6, 6.07) is 9.25. The molecule has 3 aromatic rings. The van der Waals surface area contributed by atoms with Crippen LogP contribution in [0.1, 0.15) is 50.6 Å². The average molecular weight is 378 g/mol. The van der Waals surface area contributed by atoms with Gasteiger partial charge in [0.1, 0.15) is 11.4 Å². The number of hydrogen-bond donors (Lipinski definition) is 2. The van der Waals surface area contributed by atoms with Crippen LogP contribution in [0, 0.1) is 13.8 Å². The molecule has 0 saturated carbocycles. The molecule has 0 saturated heterocycles. The Hall–Kier alpha value is -3.35. The number of anilines is 1. The molecule has 0 atom stereocenters. The highest BCUT2D eigenvalue weighted by molar-refractivity contribution is 6.08. The third-order valence-corrected chi connectivity index (χ3v) is 5.46. The van der Waals surface area contributed by atoms with Gasteiger partial charge in [0.05, 0.1) is 11.4 Å². The second-order valence-corrected chi connectivity index (χ2v) is 7.15. The third kappa shape index (κ3) is 2.70. The normalized spacial score (nSPS) is 13.5. The summed E-state index contributed by atoms with van der Waals surface area (Å²) in [7, 11) is 1.77. The molecule has 4 rings (SSSR count). The molecule has 7 nitrogen and oxygen atoms in total. The standard InChI is InChI=1S/C21H22N4O3/c1-12-17-15(10-7-11-16(17)26)22-18(12)20(27)23-19-13(2)24(3)25(21(19)28)14-8-5-4-6-9-14/h4-6,8-9,22H,7,10-11H2,1-3H3,(H,23,27). The summed E-state index contributed by atoms with van der Waals surface area (Å²) in [5.74, 6) is -0.345. The lowest BCUT2D eigenvalue weighted by Crippen LogP contribution is -2.23. The van der Waals surface area contributed by atoms with Crippen molar-refractivity contribution >= 4 is 17.4 Å². The van der Waals surface area contributed by atoms with E-state index in [-0.39, 0.29) is 17.0 Å². The fourth-order valence-corrected chi connectivity index (χ4v) is 3.89. The molecule has 1 amide bonds. The molecule has 0 fully saturated rings. The van der Waals surface area contributed by atoms with E-state index in [1.54, 1.807) is 25.6 Å². The van der Waals surface area contributed by atoms with Crippen LogP contribution < -0.4 is 10.9 Å². The van der Waals surface area contributed by atoms with Crippen LogP contribution in [0.5, 0.6) is 0 Å². The first kappa shape index (κ1) is 18.0. The van der Waals surface area contributed by atoms with Crippen molar-refractivity contribution in [2.24, 2.45) is 7.05 Å². The molecule has 0 aliphatic heterocycles. The van der Waals surface area contributed by atoms with Crippen molar-refractivity contribution < 1.29 is 9.59 Å². The van der Waals surface area contributed by atoms with Crippen molar-refractivity contribution in [1.29, 1.82) is 0 Å². The molecule has 1 aliphatic carbocycles. The predicted octanol–water partition coefficient (Wildman–Crippen LogP) is 2.89. The van der Waals surface area contributed by atoms with Crippen LogP contribution in [0.4, 0.5) is 5.69 Å². The van der Waals surface area contributed by atoms with E-state index >= 15 is 0 Å². The Morgan fingerprint density at radius 1 is 1.11 bits per heavy atom. The number of nitrogens with one attached hydrogen (secondary N) is 2. The number of ketones is 1. The molecular weight excluding hydrogens is 356 g/mol. The van der Waals surface area contributed by atoms with Gasteiger partial charge < -0.3 is 10.3 Å². The molecule has 2 N–H and O–H groups in total. The predicted molar refractivity (Wildman–Crippen MR) is 106 cm³/mol. The minimum absolute atomic E-state index is 0.0661. The number of rotatable bonds is 3. The Morgan fingerprint density at radius 2 is 1.82 bits per heavy atom. The summed E-state index contributed by atoms with van der Waals surface area (Å²) in [5, 5.41) is 2.75. The zero-order chi connectivity index (χ0) is 20.0. The fraction of sp³-hybridized carbons (Fsp3) is 0.286. The maximum absolute atomic E-state index is 13.0. The van der Waals surface area contributed by atoms with Crippen LogP contribution in [0.25, 0.3) is 5.69 Å². The Balaban J connectivity index is 1.72. The molecule has 1 aromatic carbocycles. The van der Waals surface area contributed by atoms with Gasteiger partial charge in [-0.2, -0.15) is 0 Å². The molecule has 2 aromatic heterocycles. The van der Waals surface area contributed by atoms with E-state index < -0.39 is 5.91 Å². The number of aromatic amines is 1. The van der Waals surface area contributed by atoms with Gasteiger partial charge in [-0.1, -0.05) is 18.2 Å². The third-order valence-electron chi connectivity index (χ3n) is 5.46. The second kappa shape index (κ2) is 6.67. The van der Waals surface area contributed by atoms with Gasteiger partial charge in [0.2, 0.25) is 0 Å². The Bertz CT molecular complexity index is 1150. The summed E-state index contributed by atoms with van der Waals surface area (Å²) in [6.07, 6.45) is 2.04. The molecule has 0 spiro atoms. The summed E-state index contributed by atoms with van der Waals surface area (Å²) in [6.45, 7) is 3.56. The first-order valence-electron chi connectivity index (χ1n) is 9.30. The van der Waals surface area contributed by atoms with E-state index in [1.165, 1.54) is 4.68 Å². The maximum Gasteiger partial charge on any atom is 0.295 e. The van der Waals surface area contributed by atoms with Crippen LogP contribution in [-0.4, -0.2) is 26.0 Å². The zero-order valence-corrected chi connectivity index (χ0v) is 16.1. The van der Waals surface area contributed by atoms with E-state index in [9.17, 15) is 14.4 Å². The SMILES string of the molecule is Cc1c(C(=O)Nc2c(C)n(C)n(-c3ccccc3)c2=O)[nH]c2c1C(=O)CCC2. The lowest BCUT2D eigenvalue weighted by atomic mass is 9.94. The van der Waals surface area contributed by atoms with Crippen molar-refractivity contribution in [3.8, 4) is 5.69 Å². The molecule has 0 radical (unpaired) electrons. The smallest absolute Gasteiger partial charge is 0.295 e. The van der Waals surface area contributed by atoms with Gasteiger partial charge in [-0.15, -0.1) is 0 Å². The monoisotopic (exact) mass is 378 g/mol. The number of hydrogen-bond acceptors (Lipinski definition) is 3. The molecule has 0 bridgehead atoms. The summed E-state index contributed by atoms with van der Waals surface area (Å²) < 4.78 is 3.23. The van der Waals surface area contributed by atoms with E-state index in [1.807, 2.05) is 30.3 Å². The average Bonchev–Trinajstić information content (AvgIpc) is 3.13. The Morgan fingerprint density at radius 3 is 2.50 bits per heavy atom. The van der Waals surface area contributed by atoms with E-state index in [2.05, 4.69) is 10.3 Å². The number of amides is 1. The number of nitrogens with zero attached hydrogens (tertiary/aromatic N) is 2. The highest BCUT2D eigenvalue weighted by Crippen LogP contribution is 2.27. The Kier molecular flexibility index (Phi) is 4.30. The number of carbonyl (C=O) groups excluding carboxylic acids is 2. The topological polar surface area (TPSA) is 88.9 Å². The highest BCUT2D eigenvalue weighted by Gasteiger charge is 2.27. The van der Waals surface area contributed by atoms with Crippen molar-refractivity contribution in [3.63, 3.8) is 0 Å². The minimum Gasteiger partial charge on any atom is -0.354 e. The van der Waals surface area contributed by atoms with E-state index in [0.29, 0.717) is 28.9 Å². The van der Waals surface area contributed by atoms with Crippen LogP contribution in [0.15, 0.2) is 35.1 Å². The van der Waals surface area contributed by atoms with Gasteiger partial charge in [-0.05, 0) is 44.4 Å². The van der Waals surface area contributed by atoms with Gasteiger partial charge >= 0.3 is 0 Å². The first-order chi connectivity index (χ1) is 13.4. The molecule has 7 heteroatoms. The number of Topliss-reactive ketones (excluding diaryl/α,β-unsaturated/α-hetero) is 1. The largest absolute Gasteiger partial charge is 0.354 e. The van der Waals surface area contributed by atoms with Crippen LogP contribution in [0.3, 0.4) is 0 Å². The first-order valence-corrected chi connectivity index (χ1v) is 9.30. The van der Waals surface area contributed by atoms with Crippen molar-refractivity contribution in [2.45, 2.75) is 33.1 Å². The quantitative estimate of drug-likeness (QED) is 0.734. The van der Waals surface area contributed by atoms with Gasteiger partial charge in [-0.25, -0.2) is 4.68 Å². The van der Waals surface area contributed by atoms with Gasteiger partial charge in [0, 0.05) is 24.7 Å². The highest BCUT2D eigenvalue weighted by atomic mass is 16.2. The number of benzene rings is 1. The molecule has 144 valence electrons. The van der Waals surface area contributed by atoms with Gasteiger partial charge in [-0.3, -0.25) is 19.1 Å². The number of para-hydroxylation sites is 1. The number of fused-ring (bicyclic) bond motifs is 1. The fourth-order valence-electron chi connectivity index (χ4n) is 3.89. The van der Waals surface area contributed by atoms with E-state index in [0.717, 1.165) is 24.2 Å². The van der Waals surface area contributed by atoms with Crippen LogP contribution in [0.2, 0.25) is 0 Å². The summed E-state index contributed by atoms with van der Waals surface area (Å²) in [5.41, 5.74) is 3.72. The lowest BCUT2D eigenvalue weighted by Gasteiger charge is -2.09. The molecule has 1 aliphatic rings. The summed E-state index contributed by atoms with van der Waals surface area (Å²) >= 11 is 0. The molecule has 0 unspecified atom stereocenters. The number of aromatic nitrogens is 3. The zero-order valence-electron chi connectivity index (χ0n) is 16.1. The van der Waals surface area contributed by atoms with Gasteiger partial charge in [0.15, 0.2) is 5.78 Å². The maximum atomic E-state index is 13.0. The van der Waals surface area contributed by atoms with Gasteiger partial charge in [0.25, 0.3) is 11.5 Å². The number of H-pyrrole nitrogens is 1. The van der Waals surface area contributed by atoms with Crippen LogP contribution >= 0.6 is 0 Å². The Labute approximate surface area is 162 Å². The second-order valence-electron chi connectivity index (χ2n) is 7.15. The molecule has 2 heterocycles. The van der Waals surface area contributed by atoms with Crippen molar-refractivity contribution in [2.75, 3.05) is 5.32 Å². The number of aryl methyl sites for hydroxylation is 1. The number of carbonyl (C=O) groups is 2. The lowest BCUT2D eigenvalue weighted by molar-refractivity contribution is 0.0971. The van der Waals surface area contributed by atoms with Crippen molar-refractivity contribution in [3.05, 3.63) is 68.9 Å². The van der Waals surface area contributed by atoms with Crippen LogP contribution in [-0.2, 0) is 13.5 Å². The van der Waals surface area contributed by atoms with E-state index in [4.69, 9.17) is 0 Å². The minimum atomic E-state index is -0.411. The van der Waals surface area contributed by atoms with Crippen molar-refractivity contribution in [1.82, 2.24) is 14.3 Å². The summed E-state index contributed by atoms with van der Waals surface area (Å²) in [4.78, 5) is 41.2. The molecular formula is C21H22N4O3.